The molecule has 1 aromatic rings. The molecule has 0 spiro atoms. The molecule has 1 heterocycles. The van der Waals surface area contributed by atoms with E-state index in [1.807, 2.05) is 24.1 Å². The molecule has 0 bridgehead atoms. The summed E-state index contributed by atoms with van der Waals surface area (Å²) in [7, 11) is 1.89. The Morgan fingerprint density at radius 2 is 1.64 bits per heavy atom. The van der Waals surface area contributed by atoms with Crippen molar-refractivity contribution in [3.8, 4) is 0 Å². The molecule has 7 heteroatoms. The van der Waals surface area contributed by atoms with E-state index in [-0.39, 0.29) is 35.4 Å². The lowest BCUT2D eigenvalue weighted by Gasteiger charge is -2.32. The summed E-state index contributed by atoms with van der Waals surface area (Å²) in [6.07, 6.45) is 10.5. The van der Waals surface area contributed by atoms with Gasteiger partial charge >= 0.3 is 0 Å². The monoisotopic (exact) mass is 383 g/mol. The van der Waals surface area contributed by atoms with Gasteiger partial charge in [-0.1, -0.05) is 31.4 Å². The third-order valence-electron chi connectivity index (χ3n) is 6.42. The Labute approximate surface area is 164 Å². The van der Waals surface area contributed by atoms with Gasteiger partial charge in [-0.2, -0.15) is 0 Å². The highest BCUT2D eigenvalue weighted by atomic mass is 16.6. The van der Waals surface area contributed by atoms with Crippen LogP contribution in [0.4, 0.5) is 17.1 Å². The van der Waals surface area contributed by atoms with E-state index >= 15 is 0 Å². The topological polar surface area (TPSA) is 83.8 Å². The number of nitro groups is 1. The Hall–Kier alpha value is -2.70. The number of hydrogen-bond donors (Lipinski definition) is 0. The van der Waals surface area contributed by atoms with E-state index in [0.29, 0.717) is 24.2 Å². The quantitative estimate of drug-likeness (QED) is 0.342. The van der Waals surface area contributed by atoms with Crippen LogP contribution in [0.2, 0.25) is 0 Å². The number of benzene rings is 1. The fourth-order valence-electron chi connectivity index (χ4n) is 4.82. The highest BCUT2D eigenvalue weighted by Gasteiger charge is 2.48. The van der Waals surface area contributed by atoms with E-state index < -0.39 is 4.92 Å². The van der Waals surface area contributed by atoms with Crippen molar-refractivity contribution in [2.75, 3.05) is 16.8 Å². The maximum atomic E-state index is 12.8. The second-order valence-corrected chi connectivity index (χ2v) is 8.00. The molecule has 2 atom stereocenters. The van der Waals surface area contributed by atoms with Gasteiger partial charge in [0.1, 0.15) is 5.69 Å². The van der Waals surface area contributed by atoms with Crippen molar-refractivity contribution >= 4 is 28.9 Å². The van der Waals surface area contributed by atoms with E-state index in [1.165, 1.54) is 12.5 Å². The minimum atomic E-state index is -0.419. The molecule has 2 amide bonds. The summed E-state index contributed by atoms with van der Waals surface area (Å²) in [4.78, 5) is 40.1. The molecule has 0 radical (unpaired) electrons. The smallest absolute Gasteiger partial charge is 0.294 e. The van der Waals surface area contributed by atoms with E-state index in [0.717, 1.165) is 30.6 Å². The number of amides is 2. The predicted molar refractivity (Wildman–Crippen MR) is 106 cm³/mol. The van der Waals surface area contributed by atoms with Crippen LogP contribution in [0.25, 0.3) is 0 Å². The summed E-state index contributed by atoms with van der Waals surface area (Å²) in [5.74, 6) is -1.19. The predicted octanol–water partition coefficient (Wildman–Crippen LogP) is 3.82. The fourth-order valence-corrected chi connectivity index (χ4v) is 4.82. The van der Waals surface area contributed by atoms with Crippen LogP contribution in [0.3, 0.4) is 0 Å². The van der Waals surface area contributed by atoms with Gasteiger partial charge in [-0.25, -0.2) is 4.90 Å². The Bertz CT molecular complexity index is 818. The molecule has 0 aromatic heterocycles. The highest BCUT2D eigenvalue weighted by Crippen LogP contribution is 2.41. The molecule has 1 aromatic carbocycles. The van der Waals surface area contributed by atoms with Crippen LogP contribution in [-0.4, -0.2) is 29.8 Å². The van der Waals surface area contributed by atoms with Gasteiger partial charge in [0.25, 0.3) is 5.69 Å². The lowest BCUT2D eigenvalue weighted by atomic mass is 9.85. The van der Waals surface area contributed by atoms with Crippen LogP contribution in [0.1, 0.15) is 44.9 Å². The Morgan fingerprint density at radius 3 is 2.21 bits per heavy atom. The number of nitro benzene ring substituents is 1. The zero-order valence-corrected chi connectivity index (χ0v) is 16.0. The zero-order valence-electron chi connectivity index (χ0n) is 16.0. The van der Waals surface area contributed by atoms with Crippen molar-refractivity contribution in [2.45, 2.75) is 51.0 Å². The van der Waals surface area contributed by atoms with Gasteiger partial charge in [0.2, 0.25) is 11.8 Å². The minimum Gasteiger partial charge on any atom is -0.366 e. The lowest BCUT2D eigenvalue weighted by molar-refractivity contribution is -0.384. The Balaban J connectivity index is 1.66. The van der Waals surface area contributed by atoms with Crippen LogP contribution in [0.5, 0.6) is 0 Å². The van der Waals surface area contributed by atoms with Crippen molar-refractivity contribution in [3.05, 3.63) is 40.5 Å². The van der Waals surface area contributed by atoms with E-state index in [2.05, 4.69) is 0 Å². The molecule has 0 unspecified atom stereocenters. The van der Waals surface area contributed by atoms with Crippen LogP contribution in [-0.2, 0) is 9.59 Å². The largest absolute Gasteiger partial charge is 0.366 e. The van der Waals surface area contributed by atoms with Gasteiger partial charge in [0.15, 0.2) is 0 Å². The first-order valence-corrected chi connectivity index (χ1v) is 10.0. The second kappa shape index (κ2) is 7.37. The van der Waals surface area contributed by atoms with Gasteiger partial charge in [-0.15, -0.1) is 0 Å². The van der Waals surface area contributed by atoms with Crippen molar-refractivity contribution in [1.29, 1.82) is 0 Å². The second-order valence-electron chi connectivity index (χ2n) is 8.00. The molecule has 7 nitrogen and oxygen atoms in total. The Morgan fingerprint density at radius 1 is 1.04 bits per heavy atom. The summed E-state index contributed by atoms with van der Waals surface area (Å²) in [5.41, 5.74) is 0.787. The summed E-state index contributed by atoms with van der Waals surface area (Å²) in [6, 6.07) is 5.02. The van der Waals surface area contributed by atoms with E-state index in [1.54, 1.807) is 12.1 Å². The number of fused-ring (bicyclic) bond motifs is 1. The first kappa shape index (κ1) is 18.7. The summed E-state index contributed by atoms with van der Waals surface area (Å²) in [5, 5.41) is 11.8. The van der Waals surface area contributed by atoms with Crippen molar-refractivity contribution in [3.63, 3.8) is 0 Å². The molecular weight excluding hydrogens is 358 g/mol. The zero-order chi connectivity index (χ0) is 19.8. The lowest BCUT2D eigenvalue weighted by Crippen LogP contribution is -2.34. The first-order chi connectivity index (χ1) is 13.5. The molecule has 0 N–H and O–H groups in total. The molecule has 1 saturated heterocycles. The molecule has 148 valence electrons. The SMILES string of the molecule is CN(c1ccc(N2C(=O)[C@H]3CC=CC[C@H]3C2=O)cc1[N+](=O)[O-])C1CCCCC1. The number of anilines is 2. The maximum absolute atomic E-state index is 12.8. The maximum Gasteiger partial charge on any atom is 0.294 e. The molecule has 1 saturated carbocycles. The number of rotatable bonds is 4. The standard InChI is InChI=1S/C21H25N3O4/c1-22(14-7-3-2-4-8-14)18-12-11-15(13-19(18)24(27)28)23-20(25)16-9-5-6-10-17(16)21(23)26/h5-6,11-14,16-17H,2-4,7-10H2,1H3/t16-,17+. The molecule has 3 aliphatic rings. The molecule has 1 aliphatic heterocycles. The number of allylic oxidation sites excluding steroid dienone is 2. The van der Waals surface area contributed by atoms with Crippen molar-refractivity contribution in [1.82, 2.24) is 0 Å². The number of nitrogens with zero attached hydrogens (tertiary/aromatic N) is 3. The highest BCUT2D eigenvalue weighted by molar-refractivity contribution is 6.22. The summed E-state index contributed by atoms with van der Waals surface area (Å²) < 4.78 is 0. The molecule has 2 fully saturated rings. The number of hydrogen-bond acceptors (Lipinski definition) is 5. The van der Waals surface area contributed by atoms with Crippen molar-refractivity contribution < 1.29 is 14.5 Å². The Kier molecular flexibility index (Phi) is 4.91. The van der Waals surface area contributed by atoms with Crippen LogP contribution in [0.15, 0.2) is 30.4 Å². The van der Waals surface area contributed by atoms with Crippen LogP contribution < -0.4 is 9.80 Å². The van der Waals surface area contributed by atoms with Gasteiger partial charge in [-0.05, 0) is 37.8 Å². The van der Waals surface area contributed by atoms with Gasteiger partial charge in [0.05, 0.1) is 22.4 Å². The number of imide groups is 1. The first-order valence-electron chi connectivity index (χ1n) is 10.0. The average molecular weight is 383 g/mol. The van der Waals surface area contributed by atoms with Gasteiger partial charge < -0.3 is 4.90 Å². The van der Waals surface area contributed by atoms with Crippen LogP contribution in [0, 0.1) is 22.0 Å². The third-order valence-corrected chi connectivity index (χ3v) is 6.42. The molecule has 28 heavy (non-hydrogen) atoms. The normalized spacial score (nSPS) is 25.1. The van der Waals surface area contributed by atoms with E-state index in [9.17, 15) is 19.7 Å². The number of carbonyl (C=O) groups is 2. The van der Waals surface area contributed by atoms with Crippen molar-refractivity contribution in [2.24, 2.45) is 11.8 Å². The van der Waals surface area contributed by atoms with Gasteiger partial charge in [0, 0.05) is 19.2 Å². The third kappa shape index (κ3) is 3.08. The average Bonchev–Trinajstić information content (AvgIpc) is 2.98. The fraction of sp³-hybridized carbons (Fsp3) is 0.524. The van der Waals surface area contributed by atoms with Gasteiger partial charge in [-0.3, -0.25) is 19.7 Å². The molecule has 2 aliphatic carbocycles. The molecular formula is C21H25N3O4. The summed E-state index contributed by atoms with van der Waals surface area (Å²) in [6.45, 7) is 0. The minimum absolute atomic E-state index is 0.0563. The van der Waals surface area contributed by atoms with E-state index in [4.69, 9.17) is 0 Å². The number of carbonyl (C=O) groups excluding carboxylic acids is 2. The van der Waals surface area contributed by atoms with Crippen LogP contribution >= 0.6 is 0 Å². The summed E-state index contributed by atoms with van der Waals surface area (Å²) >= 11 is 0. The molecule has 4 rings (SSSR count).